The molecule has 0 bridgehead atoms. The maximum Gasteiger partial charge on any atom is 0.343 e. The molecule has 2 N–H and O–H groups in total. The first-order chi connectivity index (χ1) is 13.4. The second-order valence-corrected chi connectivity index (χ2v) is 6.53. The fourth-order valence-electron chi connectivity index (χ4n) is 2.31. The third-order valence-corrected chi connectivity index (χ3v) is 4.45. The van der Waals surface area contributed by atoms with Gasteiger partial charge in [0.2, 0.25) is 0 Å². The van der Waals surface area contributed by atoms with Crippen molar-refractivity contribution >= 4 is 40.6 Å². The van der Waals surface area contributed by atoms with E-state index in [1.807, 2.05) is 0 Å². The van der Waals surface area contributed by atoms with E-state index in [9.17, 15) is 19.7 Å². The summed E-state index contributed by atoms with van der Waals surface area (Å²) in [6.07, 6.45) is 1.60. The number of amides is 1. The van der Waals surface area contributed by atoms with Gasteiger partial charge in [0.1, 0.15) is 0 Å². The first-order valence-electron chi connectivity index (χ1n) is 7.80. The first kappa shape index (κ1) is 19.1. The second-order valence-electron chi connectivity index (χ2n) is 5.47. The Balaban J connectivity index is 1.79. The van der Waals surface area contributed by atoms with Gasteiger partial charge in [0.15, 0.2) is 16.7 Å². The summed E-state index contributed by atoms with van der Waals surface area (Å²) in [6, 6.07) is 9.78. The molecule has 0 atom stereocenters. The highest BCUT2D eigenvalue weighted by Gasteiger charge is 2.20. The maximum atomic E-state index is 12.3. The van der Waals surface area contributed by atoms with E-state index in [2.05, 4.69) is 4.99 Å². The van der Waals surface area contributed by atoms with Gasteiger partial charge < -0.3 is 15.2 Å². The zero-order valence-corrected chi connectivity index (χ0v) is 15.3. The zero-order valence-electron chi connectivity index (χ0n) is 14.4. The predicted octanol–water partition coefficient (Wildman–Crippen LogP) is 2.75. The van der Waals surface area contributed by atoms with Crippen LogP contribution in [-0.4, -0.2) is 29.1 Å². The van der Waals surface area contributed by atoms with E-state index in [1.165, 1.54) is 37.4 Å². The number of hydrogen-bond donors (Lipinski definition) is 1. The zero-order chi connectivity index (χ0) is 20.3. The second kappa shape index (κ2) is 7.92. The SMILES string of the molecule is COc1cc(/C=C2\SC(N)=NC2=O)ccc1OC(=O)c1ccc([N+](=O)[O-])cc1. The highest BCUT2D eigenvalue weighted by atomic mass is 32.2. The van der Waals surface area contributed by atoms with Crippen LogP contribution in [0.15, 0.2) is 52.4 Å². The summed E-state index contributed by atoms with van der Waals surface area (Å²) in [6.45, 7) is 0. The van der Waals surface area contributed by atoms with Crippen LogP contribution < -0.4 is 15.2 Å². The molecule has 0 spiro atoms. The summed E-state index contributed by atoms with van der Waals surface area (Å²) >= 11 is 1.06. The van der Waals surface area contributed by atoms with Crippen LogP contribution in [0.3, 0.4) is 0 Å². The third-order valence-electron chi connectivity index (χ3n) is 3.64. The summed E-state index contributed by atoms with van der Waals surface area (Å²) in [5.41, 5.74) is 6.17. The fraction of sp³-hybridized carbons (Fsp3) is 0.0556. The number of nitro groups is 1. The number of nitro benzene ring substituents is 1. The average molecular weight is 399 g/mol. The highest BCUT2D eigenvalue weighted by Crippen LogP contribution is 2.32. The van der Waals surface area contributed by atoms with Crippen LogP contribution in [0.25, 0.3) is 6.08 Å². The summed E-state index contributed by atoms with van der Waals surface area (Å²) in [5.74, 6) is -0.680. The number of rotatable bonds is 5. The Kier molecular flexibility index (Phi) is 5.41. The van der Waals surface area contributed by atoms with Gasteiger partial charge in [0.25, 0.3) is 11.6 Å². The van der Waals surface area contributed by atoms with Gasteiger partial charge in [0, 0.05) is 12.1 Å². The van der Waals surface area contributed by atoms with Gasteiger partial charge in [-0.15, -0.1) is 0 Å². The van der Waals surface area contributed by atoms with Crippen LogP contribution in [0.1, 0.15) is 15.9 Å². The van der Waals surface area contributed by atoms with E-state index >= 15 is 0 Å². The minimum atomic E-state index is -0.693. The molecular weight excluding hydrogens is 386 g/mol. The van der Waals surface area contributed by atoms with E-state index in [1.54, 1.807) is 18.2 Å². The van der Waals surface area contributed by atoms with E-state index in [-0.39, 0.29) is 27.9 Å². The number of hydrogen-bond acceptors (Lipinski definition) is 8. The molecule has 0 radical (unpaired) electrons. The summed E-state index contributed by atoms with van der Waals surface area (Å²) in [7, 11) is 1.41. The molecule has 0 fully saturated rings. The number of nitrogens with two attached hydrogens (primary N) is 1. The molecule has 9 nitrogen and oxygen atoms in total. The number of non-ortho nitro benzene ring substituents is 1. The molecule has 2 aromatic carbocycles. The van der Waals surface area contributed by atoms with Crippen LogP contribution in [0.4, 0.5) is 5.69 Å². The number of thioether (sulfide) groups is 1. The topological polar surface area (TPSA) is 134 Å². The van der Waals surface area contributed by atoms with Crippen molar-refractivity contribution in [3.8, 4) is 11.5 Å². The molecule has 0 saturated carbocycles. The maximum absolute atomic E-state index is 12.3. The highest BCUT2D eigenvalue weighted by molar-refractivity contribution is 8.18. The van der Waals surface area contributed by atoms with Gasteiger partial charge >= 0.3 is 5.97 Å². The average Bonchev–Trinajstić information content (AvgIpc) is 2.99. The van der Waals surface area contributed by atoms with Crippen molar-refractivity contribution in [3.05, 3.63) is 68.6 Å². The Bertz CT molecular complexity index is 1030. The Labute approximate surface area is 163 Å². The molecule has 0 unspecified atom stereocenters. The summed E-state index contributed by atoms with van der Waals surface area (Å²) in [5, 5.41) is 10.9. The third kappa shape index (κ3) is 4.18. The molecule has 10 heteroatoms. The van der Waals surface area contributed by atoms with Gasteiger partial charge in [-0.1, -0.05) is 6.07 Å². The first-order valence-corrected chi connectivity index (χ1v) is 8.62. The predicted molar refractivity (Wildman–Crippen MR) is 103 cm³/mol. The van der Waals surface area contributed by atoms with Crippen molar-refractivity contribution in [2.45, 2.75) is 0 Å². The van der Waals surface area contributed by atoms with E-state index in [4.69, 9.17) is 15.2 Å². The van der Waals surface area contributed by atoms with Crippen LogP contribution >= 0.6 is 11.8 Å². The summed E-state index contributed by atoms with van der Waals surface area (Å²) in [4.78, 5) is 38.1. The van der Waals surface area contributed by atoms with Gasteiger partial charge in [-0.25, -0.2) is 4.79 Å². The normalized spacial score (nSPS) is 14.7. The monoisotopic (exact) mass is 399 g/mol. The van der Waals surface area contributed by atoms with Crippen molar-refractivity contribution in [2.75, 3.05) is 7.11 Å². The number of aliphatic imine (C=N–C) groups is 1. The Morgan fingerprint density at radius 1 is 1.21 bits per heavy atom. The number of esters is 1. The van der Waals surface area contributed by atoms with Crippen LogP contribution in [0.5, 0.6) is 11.5 Å². The number of amidine groups is 1. The van der Waals surface area contributed by atoms with Gasteiger partial charge in [-0.2, -0.15) is 4.99 Å². The minimum Gasteiger partial charge on any atom is -0.493 e. The largest absolute Gasteiger partial charge is 0.493 e. The Morgan fingerprint density at radius 2 is 1.93 bits per heavy atom. The molecule has 3 rings (SSSR count). The molecule has 142 valence electrons. The molecule has 1 amide bonds. The van der Waals surface area contributed by atoms with Crippen LogP contribution in [-0.2, 0) is 4.79 Å². The van der Waals surface area contributed by atoms with Crippen molar-refractivity contribution in [1.82, 2.24) is 0 Å². The quantitative estimate of drug-likeness (QED) is 0.267. The van der Waals surface area contributed by atoms with E-state index in [0.29, 0.717) is 10.5 Å². The lowest BCUT2D eigenvalue weighted by Gasteiger charge is -2.10. The lowest BCUT2D eigenvalue weighted by molar-refractivity contribution is -0.384. The van der Waals surface area contributed by atoms with Crippen LogP contribution in [0.2, 0.25) is 0 Å². The number of methoxy groups -OCH3 is 1. The summed E-state index contributed by atoms with van der Waals surface area (Å²) < 4.78 is 10.6. The number of benzene rings is 2. The molecular formula is C18H13N3O6S. The number of carbonyl (C=O) groups is 2. The van der Waals surface area contributed by atoms with Crippen LogP contribution in [0, 0.1) is 10.1 Å². The van der Waals surface area contributed by atoms with Gasteiger partial charge in [-0.3, -0.25) is 14.9 Å². The molecule has 0 aromatic heterocycles. The molecule has 0 saturated heterocycles. The molecule has 1 aliphatic rings. The standard InChI is InChI=1S/C18H13N3O6S/c1-26-14-8-10(9-15-16(22)20-18(19)28-15)2-7-13(14)27-17(23)11-3-5-12(6-4-11)21(24)25/h2-9H,1H3,(H2,19,20,22)/b15-9-. The molecule has 0 aliphatic carbocycles. The van der Waals surface area contributed by atoms with Gasteiger partial charge in [0.05, 0.1) is 22.5 Å². The molecule has 28 heavy (non-hydrogen) atoms. The van der Waals surface area contributed by atoms with Gasteiger partial charge in [-0.05, 0) is 47.7 Å². The Morgan fingerprint density at radius 3 is 2.50 bits per heavy atom. The smallest absolute Gasteiger partial charge is 0.343 e. The van der Waals surface area contributed by atoms with Crippen molar-refractivity contribution in [2.24, 2.45) is 10.7 Å². The Hall–Kier alpha value is -3.66. The number of ether oxygens (including phenoxy) is 2. The van der Waals surface area contributed by atoms with Crippen molar-refractivity contribution in [3.63, 3.8) is 0 Å². The molecule has 2 aromatic rings. The van der Waals surface area contributed by atoms with Crippen molar-refractivity contribution in [1.29, 1.82) is 0 Å². The lowest BCUT2D eigenvalue weighted by Crippen LogP contribution is -2.09. The lowest BCUT2D eigenvalue weighted by atomic mass is 10.1. The molecule has 1 heterocycles. The number of carbonyl (C=O) groups excluding carboxylic acids is 2. The van der Waals surface area contributed by atoms with Crippen molar-refractivity contribution < 1.29 is 24.0 Å². The molecule has 1 aliphatic heterocycles. The minimum absolute atomic E-state index is 0.129. The fourth-order valence-corrected chi connectivity index (χ4v) is 3.00. The van der Waals surface area contributed by atoms with E-state index in [0.717, 1.165) is 11.8 Å². The van der Waals surface area contributed by atoms with E-state index < -0.39 is 16.8 Å². The number of nitrogens with zero attached hydrogens (tertiary/aromatic N) is 2.